The minimum atomic E-state index is -4.94. The molecule has 0 amide bonds. The Morgan fingerprint density at radius 1 is 0.773 bits per heavy atom. The fourth-order valence-corrected chi connectivity index (χ4v) is 5.36. The summed E-state index contributed by atoms with van der Waals surface area (Å²) in [6.07, 6.45) is -9.81. The van der Waals surface area contributed by atoms with E-state index in [4.69, 9.17) is 0 Å². The van der Waals surface area contributed by atoms with Crippen molar-refractivity contribution >= 4 is 0 Å². The van der Waals surface area contributed by atoms with Gasteiger partial charge in [0.25, 0.3) is 0 Å². The van der Waals surface area contributed by atoms with Crippen LogP contribution in [-0.4, -0.2) is 66.7 Å². The number of benzene rings is 3. The molecule has 0 atom stereocenters. The van der Waals surface area contributed by atoms with Gasteiger partial charge in [0.1, 0.15) is 22.7 Å². The van der Waals surface area contributed by atoms with E-state index in [1.54, 1.807) is 7.05 Å². The summed E-state index contributed by atoms with van der Waals surface area (Å²) in [4.78, 5) is 3.42. The van der Waals surface area contributed by atoms with Gasteiger partial charge in [0.15, 0.2) is 0 Å². The van der Waals surface area contributed by atoms with E-state index >= 15 is 0 Å². The summed E-state index contributed by atoms with van der Waals surface area (Å²) in [5.74, 6) is -0.599. The van der Waals surface area contributed by atoms with Crippen LogP contribution in [0.15, 0.2) is 72.8 Å². The molecule has 3 aromatic carbocycles. The van der Waals surface area contributed by atoms with E-state index in [0.717, 1.165) is 35.4 Å². The molecule has 0 saturated carbocycles. The lowest BCUT2D eigenvalue weighted by Gasteiger charge is -2.48. The standard InChI is InChI=1S/C29H27F6N5O4/c1-39-37-25(36-38-39)20-4-2-19(3-5-20)18-40-16-14-26(41,15-17-40)27(42,21-6-10-23(11-7-21)43-28(30,31)32)22-8-12-24(13-9-22)44-29(33,34)35/h2-13,41-42H,14-18H2,1H3. The van der Waals surface area contributed by atoms with Gasteiger partial charge in [-0.15, -0.1) is 36.5 Å². The molecule has 1 saturated heterocycles. The van der Waals surface area contributed by atoms with E-state index in [2.05, 4.69) is 29.8 Å². The molecule has 44 heavy (non-hydrogen) atoms. The van der Waals surface area contributed by atoms with Crippen LogP contribution in [-0.2, 0) is 19.2 Å². The second-order valence-electron chi connectivity index (χ2n) is 10.5. The van der Waals surface area contributed by atoms with Crippen LogP contribution in [0, 0.1) is 0 Å². The number of halogens is 6. The summed E-state index contributed by atoms with van der Waals surface area (Å²) in [7, 11) is 1.66. The van der Waals surface area contributed by atoms with Crippen molar-refractivity contribution < 1.29 is 46.0 Å². The van der Waals surface area contributed by atoms with Crippen molar-refractivity contribution in [1.82, 2.24) is 25.1 Å². The summed E-state index contributed by atoms with van der Waals surface area (Å²) in [5.41, 5.74) is -2.24. The van der Waals surface area contributed by atoms with Gasteiger partial charge in [-0.2, -0.15) is 4.80 Å². The Morgan fingerprint density at radius 2 is 1.25 bits per heavy atom. The van der Waals surface area contributed by atoms with Crippen LogP contribution < -0.4 is 9.47 Å². The Labute approximate surface area is 247 Å². The van der Waals surface area contributed by atoms with Crippen molar-refractivity contribution in [3.63, 3.8) is 0 Å². The highest BCUT2D eigenvalue weighted by atomic mass is 19.4. The number of hydrogen-bond donors (Lipinski definition) is 2. The number of hydrogen-bond acceptors (Lipinski definition) is 8. The Balaban J connectivity index is 1.37. The lowest BCUT2D eigenvalue weighted by Crippen LogP contribution is -2.58. The highest BCUT2D eigenvalue weighted by Crippen LogP contribution is 2.46. The first-order valence-corrected chi connectivity index (χ1v) is 13.4. The van der Waals surface area contributed by atoms with Gasteiger partial charge in [-0.1, -0.05) is 48.5 Å². The SMILES string of the molecule is Cn1nnc(-c2ccc(CN3CCC(O)(C(O)(c4ccc(OC(F)(F)F)cc4)c4ccc(OC(F)(F)F)cc4)CC3)cc2)n1. The van der Waals surface area contributed by atoms with E-state index in [1.807, 2.05) is 24.3 Å². The van der Waals surface area contributed by atoms with Crippen LogP contribution in [0.3, 0.4) is 0 Å². The summed E-state index contributed by atoms with van der Waals surface area (Å²) in [5, 5.41) is 36.1. The molecular weight excluding hydrogens is 596 g/mol. The molecule has 0 spiro atoms. The number of piperidine rings is 1. The number of aliphatic hydroxyl groups is 2. The maximum atomic E-state index is 12.7. The number of aryl methyl sites for hydroxylation is 1. The largest absolute Gasteiger partial charge is 0.573 e. The van der Waals surface area contributed by atoms with Gasteiger partial charge < -0.3 is 19.7 Å². The van der Waals surface area contributed by atoms with E-state index in [0.29, 0.717) is 25.5 Å². The number of aromatic nitrogens is 4. The third-order valence-corrected chi connectivity index (χ3v) is 7.49. The Kier molecular flexibility index (Phi) is 8.31. The molecule has 0 aliphatic carbocycles. The molecule has 15 heteroatoms. The Bertz CT molecular complexity index is 1490. The van der Waals surface area contributed by atoms with Gasteiger partial charge in [0.2, 0.25) is 5.82 Å². The number of tetrazole rings is 1. The van der Waals surface area contributed by atoms with E-state index in [9.17, 15) is 36.6 Å². The highest BCUT2D eigenvalue weighted by molar-refractivity contribution is 5.54. The molecule has 0 bridgehead atoms. The predicted molar refractivity (Wildman–Crippen MR) is 143 cm³/mol. The van der Waals surface area contributed by atoms with Gasteiger partial charge in [0.05, 0.1) is 7.05 Å². The third-order valence-electron chi connectivity index (χ3n) is 7.49. The van der Waals surface area contributed by atoms with Gasteiger partial charge in [0, 0.05) is 25.2 Å². The molecule has 4 aromatic rings. The highest BCUT2D eigenvalue weighted by Gasteiger charge is 2.53. The molecule has 1 aliphatic heterocycles. The van der Waals surface area contributed by atoms with Crippen molar-refractivity contribution in [3.05, 3.63) is 89.5 Å². The first-order valence-electron chi connectivity index (χ1n) is 13.4. The van der Waals surface area contributed by atoms with Crippen molar-refractivity contribution in [1.29, 1.82) is 0 Å². The summed E-state index contributed by atoms with van der Waals surface area (Å²) >= 11 is 0. The summed E-state index contributed by atoms with van der Waals surface area (Å²) in [6.45, 7) is 1.18. The molecule has 1 aliphatic rings. The second-order valence-corrected chi connectivity index (χ2v) is 10.5. The lowest BCUT2D eigenvalue weighted by atomic mass is 9.68. The fourth-order valence-electron chi connectivity index (χ4n) is 5.36. The molecule has 2 N–H and O–H groups in total. The van der Waals surface area contributed by atoms with E-state index < -0.39 is 35.4 Å². The molecule has 234 valence electrons. The molecule has 9 nitrogen and oxygen atoms in total. The van der Waals surface area contributed by atoms with Crippen LogP contribution in [0.4, 0.5) is 26.3 Å². The monoisotopic (exact) mass is 623 g/mol. The predicted octanol–water partition coefficient (Wildman–Crippen LogP) is 4.94. The van der Waals surface area contributed by atoms with Crippen molar-refractivity contribution in [3.8, 4) is 22.9 Å². The van der Waals surface area contributed by atoms with Crippen molar-refractivity contribution in [2.45, 2.75) is 43.3 Å². The third kappa shape index (κ3) is 6.95. The van der Waals surface area contributed by atoms with Gasteiger partial charge in [-0.25, -0.2) is 0 Å². The number of ether oxygens (including phenoxy) is 2. The number of nitrogens with zero attached hydrogens (tertiary/aromatic N) is 5. The smallest absolute Gasteiger partial charge is 0.406 e. The molecule has 1 aromatic heterocycles. The van der Waals surface area contributed by atoms with Crippen LogP contribution in [0.25, 0.3) is 11.4 Å². The van der Waals surface area contributed by atoms with Crippen LogP contribution in [0.2, 0.25) is 0 Å². The van der Waals surface area contributed by atoms with Gasteiger partial charge in [-0.05, 0) is 59.0 Å². The number of likely N-dealkylation sites (tertiary alicyclic amines) is 1. The fraction of sp³-hybridized carbons (Fsp3) is 0.345. The first kappa shape index (κ1) is 31.2. The molecule has 0 unspecified atom stereocenters. The first-order chi connectivity index (χ1) is 20.6. The van der Waals surface area contributed by atoms with Crippen molar-refractivity contribution in [2.24, 2.45) is 7.05 Å². The zero-order valence-corrected chi connectivity index (χ0v) is 23.2. The van der Waals surface area contributed by atoms with Crippen LogP contribution >= 0.6 is 0 Å². The quantitative estimate of drug-likeness (QED) is 0.266. The minimum absolute atomic E-state index is 0.0284. The average molecular weight is 624 g/mol. The van der Waals surface area contributed by atoms with Crippen LogP contribution in [0.1, 0.15) is 29.5 Å². The van der Waals surface area contributed by atoms with Crippen LogP contribution in [0.5, 0.6) is 11.5 Å². The zero-order chi connectivity index (χ0) is 31.8. The molecular formula is C29H27F6N5O4. The summed E-state index contributed by atoms with van der Waals surface area (Å²) < 4.78 is 84.2. The average Bonchev–Trinajstić information content (AvgIpc) is 3.39. The zero-order valence-electron chi connectivity index (χ0n) is 23.2. The Morgan fingerprint density at radius 3 is 1.66 bits per heavy atom. The topological polar surface area (TPSA) is 106 Å². The second kappa shape index (κ2) is 11.7. The van der Waals surface area contributed by atoms with Crippen molar-refractivity contribution in [2.75, 3.05) is 13.1 Å². The number of rotatable bonds is 8. The molecule has 1 fully saturated rings. The molecule has 5 rings (SSSR count). The van der Waals surface area contributed by atoms with Gasteiger partial charge in [-0.3, -0.25) is 4.90 Å². The maximum absolute atomic E-state index is 12.7. The van der Waals surface area contributed by atoms with E-state index in [-0.39, 0.29) is 24.0 Å². The van der Waals surface area contributed by atoms with E-state index in [1.165, 1.54) is 29.1 Å². The number of alkyl halides is 6. The molecule has 2 heterocycles. The molecule has 0 radical (unpaired) electrons. The Hall–Kier alpha value is -4.21. The van der Waals surface area contributed by atoms with Gasteiger partial charge >= 0.3 is 12.7 Å². The maximum Gasteiger partial charge on any atom is 0.573 e. The normalized spacial score (nSPS) is 16.1. The lowest BCUT2D eigenvalue weighted by molar-refractivity contribution is -0.275. The summed E-state index contributed by atoms with van der Waals surface area (Å²) in [6, 6.07) is 16.3. The minimum Gasteiger partial charge on any atom is -0.406 e.